The summed E-state index contributed by atoms with van der Waals surface area (Å²) < 4.78 is 16.6. The molecule has 3 N–H and O–H groups in total. The molecule has 2 aromatic rings. The number of amides is 1. The van der Waals surface area contributed by atoms with Crippen molar-refractivity contribution in [2.24, 2.45) is 12.8 Å². The fourth-order valence-electron chi connectivity index (χ4n) is 4.44. The van der Waals surface area contributed by atoms with E-state index in [0.717, 1.165) is 29.7 Å². The van der Waals surface area contributed by atoms with E-state index in [4.69, 9.17) is 5.73 Å². The van der Waals surface area contributed by atoms with Gasteiger partial charge < -0.3 is 20.3 Å². The highest BCUT2D eigenvalue weighted by molar-refractivity contribution is 5.91. The maximum absolute atomic E-state index is 14.9. The Morgan fingerprint density at radius 2 is 2.13 bits per heavy atom. The lowest BCUT2D eigenvalue weighted by Crippen LogP contribution is -2.33. The number of aldehydes is 1. The Morgan fingerprint density at radius 1 is 1.42 bits per heavy atom. The number of nitrogens with zero attached hydrogens (tertiary/aromatic N) is 3. The van der Waals surface area contributed by atoms with Crippen LogP contribution in [0.3, 0.4) is 0 Å². The summed E-state index contributed by atoms with van der Waals surface area (Å²) in [7, 11) is 5.41. The van der Waals surface area contributed by atoms with Gasteiger partial charge in [-0.1, -0.05) is 11.8 Å². The number of aromatic nitrogens is 2. The van der Waals surface area contributed by atoms with Crippen LogP contribution < -0.4 is 5.73 Å². The number of imidazole rings is 1. The number of carbonyl (C=O) groups is 2. The summed E-state index contributed by atoms with van der Waals surface area (Å²) >= 11 is 0. The molecule has 1 aromatic carbocycles. The zero-order valence-electron chi connectivity index (χ0n) is 17.8. The number of aliphatic hydroxyl groups is 1. The van der Waals surface area contributed by atoms with Gasteiger partial charge in [0.15, 0.2) is 17.7 Å². The monoisotopic (exact) mass is 424 g/mol. The number of halogens is 1. The number of nitrogens with two attached hydrogens (primary N) is 1. The highest BCUT2D eigenvalue weighted by Crippen LogP contribution is 2.55. The fraction of sp³-hybridized carbons (Fsp3) is 0.435. The first-order chi connectivity index (χ1) is 14.6. The summed E-state index contributed by atoms with van der Waals surface area (Å²) in [6, 6.07) is 3.07. The zero-order valence-corrected chi connectivity index (χ0v) is 17.8. The Morgan fingerprint density at radius 3 is 2.74 bits per heavy atom. The van der Waals surface area contributed by atoms with Crippen molar-refractivity contribution in [3.63, 3.8) is 0 Å². The Labute approximate surface area is 180 Å². The van der Waals surface area contributed by atoms with Gasteiger partial charge in [0.2, 0.25) is 0 Å². The lowest BCUT2D eigenvalue weighted by Gasteiger charge is -2.34. The molecule has 0 saturated heterocycles. The normalized spacial score (nSPS) is 20.5. The molecule has 0 radical (unpaired) electrons. The molecule has 1 fully saturated rings. The van der Waals surface area contributed by atoms with Gasteiger partial charge in [0.05, 0.1) is 11.3 Å². The van der Waals surface area contributed by atoms with Gasteiger partial charge in [-0.2, -0.15) is 0 Å². The van der Waals surface area contributed by atoms with E-state index in [2.05, 4.69) is 16.8 Å². The second-order valence-corrected chi connectivity index (χ2v) is 8.72. The molecule has 31 heavy (non-hydrogen) atoms. The van der Waals surface area contributed by atoms with Crippen LogP contribution in [-0.4, -0.2) is 58.0 Å². The lowest BCUT2D eigenvalue weighted by molar-refractivity contribution is -0.119. The van der Waals surface area contributed by atoms with E-state index in [9.17, 15) is 19.1 Å². The van der Waals surface area contributed by atoms with Crippen LogP contribution in [0.5, 0.6) is 0 Å². The fourth-order valence-corrected chi connectivity index (χ4v) is 4.44. The first-order valence-corrected chi connectivity index (χ1v) is 10.2. The van der Waals surface area contributed by atoms with Gasteiger partial charge in [-0.05, 0) is 50.6 Å². The summed E-state index contributed by atoms with van der Waals surface area (Å²) in [5, 5.41) is 10.5. The summed E-state index contributed by atoms with van der Waals surface area (Å²) in [5.74, 6) is 4.68. The summed E-state index contributed by atoms with van der Waals surface area (Å²) in [6.07, 6.45) is 2.21. The third-order valence-electron chi connectivity index (χ3n) is 6.27. The summed E-state index contributed by atoms with van der Waals surface area (Å²) in [6.45, 7) is 0.451. The second kappa shape index (κ2) is 7.59. The molecular formula is C23H25FN4O3. The van der Waals surface area contributed by atoms with E-state index in [1.54, 1.807) is 17.7 Å². The number of hydrogen-bond acceptors (Lipinski definition) is 5. The quantitative estimate of drug-likeness (QED) is 0.560. The van der Waals surface area contributed by atoms with Crippen LogP contribution in [0.15, 0.2) is 12.1 Å². The molecule has 1 amide bonds. The van der Waals surface area contributed by atoms with Gasteiger partial charge in [-0.3, -0.25) is 9.59 Å². The largest absolute Gasteiger partial charge is 0.371 e. The number of rotatable bonds is 5. The number of benzene rings is 1. The standard InChI is InChI=1S/C23H25FN4O3/c1-27(2)7-6-23(31,12-29)5-4-13-10-17-16(11-18(13)24)14-8-15(9-14)20-19(17)26-22(21(25)30)28(20)3/h10-12,14-15,31H,6-9H2,1-3H3,(H2,25,30). The predicted octanol–water partition coefficient (Wildman–Crippen LogP) is 1.53. The molecule has 1 atom stereocenters. The van der Waals surface area contributed by atoms with Gasteiger partial charge in [-0.15, -0.1) is 0 Å². The van der Waals surface area contributed by atoms with E-state index in [1.807, 2.05) is 19.0 Å². The molecule has 0 aliphatic heterocycles. The average molecular weight is 424 g/mol. The molecule has 1 heterocycles. The van der Waals surface area contributed by atoms with E-state index in [-0.39, 0.29) is 29.6 Å². The first-order valence-electron chi connectivity index (χ1n) is 10.2. The van der Waals surface area contributed by atoms with Crippen LogP contribution in [0.25, 0.3) is 11.3 Å². The summed E-state index contributed by atoms with van der Waals surface area (Å²) in [4.78, 5) is 29.5. The Hall–Kier alpha value is -3.02. The van der Waals surface area contributed by atoms with E-state index < -0.39 is 17.3 Å². The van der Waals surface area contributed by atoms with Gasteiger partial charge in [-0.25, -0.2) is 9.37 Å². The van der Waals surface area contributed by atoms with Crippen LogP contribution in [0.2, 0.25) is 0 Å². The molecule has 1 saturated carbocycles. The molecule has 2 bridgehead atoms. The van der Waals surface area contributed by atoms with Crippen LogP contribution in [0.1, 0.15) is 58.5 Å². The maximum atomic E-state index is 14.9. The van der Waals surface area contributed by atoms with Crippen molar-refractivity contribution in [2.45, 2.75) is 36.7 Å². The average Bonchev–Trinajstić information content (AvgIpc) is 2.88. The molecule has 3 aliphatic carbocycles. The Kier molecular flexibility index (Phi) is 5.20. The van der Waals surface area contributed by atoms with Crippen LogP contribution in [-0.2, 0) is 11.8 Å². The van der Waals surface area contributed by atoms with Crippen molar-refractivity contribution in [1.29, 1.82) is 0 Å². The Balaban J connectivity index is 1.80. The molecule has 3 aliphatic rings. The molecule has 162 valence electrons. The molecule has 0 spiro atoms. The lowest BCUT2D eigenvalue weighted by atomic mass is 9.71. The van der Waals surface area contributed by atoms with Crippen molar-refractivity contribution < 1.29 is 19.1 Å². The van der Waals surface area contributed by atoms with Crippen LogP contribution >= 0.6 is 0 Å². The van der Waals surface area contributed by atoms with Crippen molar-refractivity contribution >= 4 is 12.2 Å². The van der Waals surface area contributed by atoms with Crippen molar-refractivity contribution in [2.75, 3.05) is 20.6 Å². The van der Waals surface area contributed by atoms with E-state index in [1.165, 1.54) is 6.07 Å². The molecule has 7 nitrogen and oxygen atoms in total. The van der Waals surface area contributed by atoms with Crippen LogP contribution in [0.4, 0.5) is 4.39 Å². The maximum Gasteiger partial charge on any atom is 0.284 e. The van der Waals surface area contributed by atoms with Gasteiger partial charge >= 0.3 is 0 Å². The minimum absolute atomic E-state index is 0.0696. The third-order valence-corrected chi connectivity index (χ3v) is 6.27. The SMILES string of the molecule is CN(C)CCC(O)(C#Cc1cc2c(cc1F)C1CC(C1)c1c-2nc(C(N)=O)n1C)C=O. The van der Waals surface area contributed by atoms with Crippen molar-refractivity contribution in [3.8, 4) is 23.1 Å². The smallest absolute Gasteiger partial charge is 0.284 e. The van der Waals surface area contributed by atoms with Crippen molar-refractivity contribution in [1.82, 2.24) is 14.5 Å². The first kappa shape index (κ1) is 21.2. The molecular weight excluding hydrogens is 399 g/mol. The molecule has 5 rings (SSSR count). The second-order valence-electron chi connectivity index (χ2n) is 8.72. The highest BCUT2D eigenvalue weighted by Gasteiger charge is 2.42. The Bertz CT molecular complexity index is 1140. The van der Waals surface area contributed by atoms with Crippen molar-refractivity contribution in [3.05, 3.63) is 40.6 Å². The minimum Gasteiger partial charge on any atom is -0.371 e. The molecule has 1 unspecified atom stereocenters. The topological polar surface area (TPSA) is 101 Å². The zero-order chi connectivity index (χ0) is 22.5. The van der Waals surface area contributed by atoms with E-state index >= 15 is 0 Å². The predicted molar refractivity (Wildman–Crippen MR) is 113 cm³/mol. The summed E-state index contributed by atoms with van der Waals surface area (Å²) in [5.41, 5.74) is 6.80. The van der Waals surface area contributed by atoms with Gasteiger partial charge in [0, 0.05) is 37.2 Å². The third kappa shape index (κ3) is 3.64. The number of primary amides is 1. The van der Waals surface area contributed by atoms with E-state index in [0.29, 0.717) is 18.5 Å². The van der Waals surface area contributed by atoms with Gasteiger partial charge in [0.25, 0.3) is 5.91 Å². The highest BCUT2D eigenvalue weighted by atomic mass is 19.1. The van der Waals surface area contributed by atoms with Crippen LogP contribution in [0, 0.1) is 17.7 Å². The number of carbonyl (C=O) groups excluding carboxylic acids is 2. The molecule has 1 aromatic heterocycles. The van der Waals surface area contributed by atoms with Gasteiger partial charge in [0.1, 0.15) is 5.82 Å². The minimum atomic E-state index is -1.86. The molecule has 8 heteroatoms. The number of hydrogen-bond donors (Lipinski definition) is 2.